The molecule has 0 amide bonds. The standard InChI is InChI=1S/C12H10F4N2O2/c1-6(19)11(7(2)20)18-17-9-5-3-4-8(10(9)13)12(14,15)16/h3-5,19H,1-2H3. The van der Waals surface area contributed by atoms with Crippen LogP contribution in [0.2, 0.25) is 0 Å². The van der Waals surface area contributed by atoms with Gasteiger partial charge in [-0.05, 0) is 19.1 Å². The van der Waals surface area contributed by atoms with Crippen LogP contribution in [0, 0.1) is 5.82 Å². The van der Waals surface area contributed by atoms with E-state index in [0.29, 0.717) is 6.07 Å². The number of azo groups is 1. The van der Waals surface area contributed by atoms with Crippen LogP contribution in [0.25, 0.3) is 0 Å². The van der Waals surface area contributed by atoms with Crippen LogP contribution >= 0.6 is 0 Å². The van der Waals surface area contributed by atoms with E-state index in [4.69, 9.17) is 5.11 Å². The van der Waals surface area contributed by atoms with Crippen molar-refractivity contribution in [2.24, 2.45) is 10.2 Å². The van der Waals surface area contributed by atoms with Crippen LogP contribution in [-0.2, 0) is 11.0 Å². The minimum atomic E-state index is -4.86. The molecule has 0 aliphatic carbocycles. The maximum absolute atomic E-state index is 13.6. The number of Topliss-reactive ketones (excluding diaryl/α,β-unsaturated/α-hetero) is 1. The summed E-state index contributed by atoms with van der Waals surface area (Å²) in [6.45, 7) is 2.23. The second kappa shape index (κ2) is 5.81. The monoisotopic (exact) mass is 290 g/mol. The Morgan fingerprint density at radius 1 is 1.25 bits per heavy atom. The Hall–Kier alpha value is -2.25. The third-order valence-corrected chi connectivity index (χ3v) is 2.22. The third kappa shape index (κ3) is 3.62. The fourth-order valence-corrected chi connectivity index (χ4v) is 1.32. The Labute approximate surface area is 111 Å². The molecule has 0 atom stereocenters. The number of ketones is 1. The SMILES string of the molecule is CC(=O)C(N=Nc1cccc(C(F)(F)F)c1F)=C(C)O. The van der Waals surface area contributed by atoms with Crippen molar-refractivity contribution in [3.63, 3.8) is 0 Å². The van der Waals surface area contributed by atoms with Gasteiger partial charge in [-0.15, -0.1) is 10.2 Å². The van der Waals surface area contributed by atoms with Gasteiger partial charge >= 0.3 is 6.18 Å². The molecule has 0 heterocycles. The molecule has 1 aromatic rings. The van der Waals surface area contributed by atoms with Crippen LogP contribution in [0.5, 0.6) is 0 Å². The first-order valence-corrected chi connectivity index (χ1v) is 5.32. The smallest absolute Gasteiger partial charge is 0.419 e. The molecule has 0 fully saturated rings. The number of halogens is 4. The van der Waals surface area contributed by atoms with Gasteiger partial charge in [0.25, 0.3) is 0 Å². The number of aliphatic hydroxyl groups excluding tert-OH is 1. The second-order valence-corrected chi connectivity index (χ2v) is 3.83. The van der Waals surface area contributed by atoms with Crippen molar-refractivity contribution in [3.8, 4) is 0 Å². The van der Waals surface area contributed by atoms with E-state index in [1.54, 1.807) is 0 Å². The van der Waals surface area contributed by atoms with Crippen molar-refractivity contribution in [2.45, 2.75) is 20.0 Å². The summed E-state index contributed by atoms with van der Waals surface area (Å²) in [5.74, 6) is -2.71. The highest BCUT2D eigenvalue weighted by Gasteiger charge is 2.34. The number of rotatable bonds is 3. The van der Waals surface area contributed by atoms with Crippen LogP contribution in [0.1, 0.15) is 19.4 Å². The summed E-state index contributed by atoms with van der Waals surface area (Å²) in [5.41, 5.74) is -2.62. The van der Waals surface area contributed by atoms with E-state index in [-0.39, 0.29) is 0 Å². The number of carbonyl (C=O) groups excluding carboxylic acids is 1. The molecule has 0 saturated carbocycles. The molecule has 1 rings (SSSR count). The fourth-order valence-electron chi connectivity index (χ4n) is 1.32. The summed E-state index contributed by atoms with van der Waals surface area (Å²) in [4.78, 5) is 11.1. The number of nitrogens with zero attached hydrogens (tertiary/aromatic N) is 2. The Bertz CT molecular complexity index is 588. The number of aliphatic hydroxyl groups is 1. The maximum Gasteiger partial charge on any atom is 0.419 e. The van der Waals surface area contributed by atoms with E-state index in [2.05, 4.69) is 10.2 Å². The Morgan fingerprint density at radius 3 is 2.30 bits per heavy atom. The van der Waals surface area contributed by atoms with Crippen LogP contribution < -0.4 is 0 Å². The van der Waals surface area contributed by atoms with Gasteiger partial charge in [0.2, 0.25) is 0 Å². The van der Waals surface area contributed by atoms with Gasteiger partial charge < -0.3 is 5.11 Å². The lowest BCUT2D eigenvalue weighted by molar-refractivity contribution is -0.139. The minimum Gasteiger partial charge on any atom is -0.510 e. The number of carbonyl (C=O) groups is 1. The molecule has 0 unspecified atom stereocenters. The zero-order valence-electron chi connectivity index (χ0n) is 10.5. The van der Waals surface area contributed by atoms with Gasteiger partial charge in [0.05, 0.1) is 5.56 Å². The summed E-state index contributed by atoms with van der Waals surface area (Å²) < 4.78 is 51.0. The van der Waals surface area contributed by atoms with E-state index in [0.717, 1.165) is 26.0 Å². The zero-order chi connectivity index (χ0) is 15.5. The molecule has 4 nitrogen and oxygen atoms in total. The number of hydrogen-bond acceptors (Lipinski definition) is 4. The first-order valence-electron chi connectivity index (χ1n) is 5.32. The van der Waals surface area contributed by atoms with E-state index < -0.39 is 40.5 Å². The summed E-state index contributed by atoms with van der Waals surface area (Å²) in [6.07, 6.45) is -4.86. The molecule has 0 bridgehead atoms. The summed E-state index contributed by atoms with van der Waals surface area (Å²) >= 11 is 0. The predicted octanol–water partition coefficient (Wildman–Crippen LogP) is 4.31. The summed E-state index contributed by atoms with van der Waals surface area (Å²) in [5, 5.41) is 15.7. The van der Waals surface area contributed by atoms with E-state index in [1.807, 2.05) is 0 Å². The molecule has 0 aliphatic rings. The van der Waals surface area contributed by atoms with Gasteiger partial charge in [-0.1, -0.05) is 6.07 Å². The van der Waals surface area contributed by atoms with Gasteiger partial charge in [0, 0.05) is 6.92 Å². The van der Waals surface area contributed by atoms with Crippen molar-refractivity contribution in [3.05, 3.63) is 41.0 Å². The molecule has 108 valence electrons. The van der Waals surface area contributed by atoms with E-state index >= 15 is 0 Å². The number of allylic oxidation sites excluding steroid dienone is 2. The van der Waals surface area contributed by atoms with Crippen LogP contribution in [0.4, 0.5) is 23.2 Å². The zero-order valence-corrected chi connectivity index (χ0v) is 10.5. The third-order valence-electron chi connectivity index (χ3n) is 2.22. The lowest BCUT2D eigenvalue weighted by atomic mass is 10.2. The lowest BCUT2D eigenvalue weighted by Gasteiger charge is -2.08. The molecule has 20 heavy (non-hydrogen) atoms. The van der Waals surface area contributed by atoms with Gasteiger partial charge in [-0.25, -0.2) is 4.39 Å². The van der Waals surface area contributed by atoms with Gasteiger partial charge in [0.15, 0.2) is 17.3 Å². The van der Waals surface area contributed by atoms with E-state index in [9.17, 15) is 22.4 Å². The second-order valence-electron chi connectivity index (χ2n) is 3.83. The predicted molar refractivity (Wildman–Crippen MR) is 61.9 cm³/mol. The number of alkyl halides is 3. The fraction of sp³-hybridized carbons (Fsp3) is 0.250. The topological polar surface area (TPSA) is 62.0 Å². The van der Waals surface area contributed by atoms with Gasteiger partial charge in [0.1, 0.15) is 11.4 Å². The molecule has 1 aromatic carbocycles. The Kier molecular flexibility index (Phi) is 4.59. The van der Waals surface area contributed by atoms with Crippen LogP contribution in [0.3, 0.4) is 0 Å². The first-order chi connectivity index (χ1) is 9.14. The molecule has 0 aromatic heterocycles. The molecule has 1 N–H and O–H groups in total. The molecular formula is C12H10F4N2O2. The highest BCUT2D eigenvalue weighted by atomic mass is 19.4. The molecule has 8 heteroatoms. The lowest BCUT2D eigenvalue weighted by Crippen LogP contribution is -2.07. The average Bonchev–Trinajstić information content (AvgIpc) is 2.28. The average molecular weight is 290 g/mol. The summed E-state index contributed by atoms with van der Waals surface area (Å²) in [7, 11) is 0. The first kappa shape index (κ1) is 15.8. The molecule has 0 spiro atoms. The molecule has 0 saturated heterocycles. The normalized spacial score (nSPS) is 13.5. The minimum absolute atomic E-state index is 0.457. The van der Waals surface area contributed by atoms with Crippen molar-refractivity contribution in [1.29, 1.82) is 0 Å². The molecular weight excluding hydrogens is 280 g/mol. The largest absolute Gasteiger partial charge is 0.510 e. The number of hydrogen-bond donors (Lipinski definition) is 1. The van der Waals surface area contributed by atoms with Crippen molar-refractivity contribution >= 4 is 11.5 Å². The Balaban J connectivity index is 3.24. The Morgan fingerprint density at radius 2 is 1.85 bits per heavy atom. The van der Waals surface area contributed by atoms with E-state index in [1.165, 1.54) is 0 Å². The highest BCUT2D eigenvalue weighted by molar-refractivity contribution is 5.93. The van der Waals surface area contributed by atoms with Gasteiger partial charge in [-0.3, -0.25) is 4.79 Å². The quantitative estimate of drug-likeness (QED) is 0.390. The highest BCUT2D eigenvalue weighted by Crippen LogP contribution is 2.35. The van der Waals surface area contributed by atoms with Crippen LogP contribution in [-0.4, -0.2) is 10.9 Å². The van der Waals surface area contributed by atoms with Gasteiger partial charge in [-0.2, -0.15) is 13.2 Å². The molecule has 0 aliphatic heterocycles. The van der Waals surface area contributed by atoms with Crippen molar-refractivity contribution in [2.75, 3.05) is 0 Å². The van der Waals surface area contributed by atoms with Crippen molar-refractivity contribution in [1.82, 2.24) is 0 Å². The summed E-state index contributed by atoms with van der Waals surface area (Å²) in [6, 6.07) is 2.50. The maximum atomic E-state index is 13.6. The molecule has 0 radical (unpaired) electrons. The number of benzene rings is 1. The van der Waals surface area contributed by atoms with Crippen LogP contribution in [0.15, 0.2) is 39.9 Å². The van der Waals surface area contributed by atoms with Crippen molar-refractivity contribution < 1.29 is 27.5 Å².